The number of hydrogen-bond donors (Lipinski definition) is 3. The van der Waals surface area contributed by atoms with E-state index in [0.29, 0.717) is 18.2 Å². The minimum Gasteiger partial charge on any atom is -0.394 e. The van der Waals surface area contributed by atoms with Gasteiger partial charge in [0.05, 0.1) is 25.5 Å². The summed E-state index contributed by atoms with van der Waals surface area (Å²) < 4.78 is 1.47. The van der Waals surface area contributed by atoms with Gasteiger partial charge < -0.3 is 15.5 Å². The van der Waals surface area contributed by atoms with Gasteiger partial charge in [-0.25, -0.2) is 14.6 Å². The Kier molecular flexibility index (Phi) is 5.09. The average Bonchev–Trinajstić information content (AvgIpc) is 3.09. The summed E-state index contributed by atoms with van der Waals surface area (Å²) in [6.07, 6.45) is 4.14. The van der Waals surface area contributed by atoms with Gasteiger partial charge in [-0.05, 0) is 5.56 Å². The van der Waals surface area contributed by atoms with Gasteiger partial charge in [-0.1, -0.05) is 35.5 Å². The fourth-order valence-electron chi connectivity index (χ4n) is 2.12. The molecule has 124 valence electrons. The van der Waals surface area contributed by atoms with Gasteiger partial charge in [0.2, 0.25) is 5.95 Å². The Labute approximate surface area is 138 Å². The molecule has 0 amide bonds. The Bertz CT molecular complexity index is 760. The van der Waals surface area contributed by atoms with Crippen molar-refractivity contribution in [2.45, 2.75) is 19.2 Å². The molecular formula is C16H18N6O2. The van der Waals surface area contributed by atoms with E-state index in [-0.39, 0.29) is 13.2 Å². The van der Waals surface area contributed by atoms with Crippen molar-refractivity contribution in [2.24, 2.45) is 0 Å². The molecule has 24 heavy (non-hydrogen) atoms. The Balaban J connectivity index is 1.62. The molecule has 0 saturated carbocycles. The number of anilines is 1. The van der Waals surface area contributed by atoms with Gasteiger partial charge in [0.25, 0.3) is 0 Å². The van der Waals surface area contributed by atoms with Crippen LogP contribution in [0.15, 0.2) is 48.9 Å². The Hall–Kier alpha value is -2.84. The lowest BCUT2D eigenvalue weighted by molar-refractivity contribution is 0.0778. The lowest BCUT2D eigenvalue weighted by Gasteiger charge is -2.05. The number of nitrogens with zero attached hydrogens (tertiary/aromatic N) is 5. The van der Waals surface area contributed by atoms with E-state index in [0.717, 1.165) is 11.1 Å². The van der Waals surface area contributed by atoms with Crippen molar-refractivity contribution in [2.75, 3.05) is 11.9 Å². The molecule has 0 fully saturated rings. The van der Waals surface area contributed by atoms with Crippen LogP contribution in [0.1, 0.15) is 5.56 Å². The van der Waals surface area contributed by atoms with E-state index in [9.17, 15) is 5.11 Å². The topological polar surface area (TPSA) is 109 Å². The molecule has 0 unspecified atom stereocenters. The van der Waals surface area contributed by atoms with Crippen LogP contribution in [0.4, 0.5) is 5.95 Å². The van der Waals surface area contributed by atoms with Crippen LogP contribution in [0.25, 0.3) is 11.3 Å². The first kappa shape index (κ1) is 16.0. The molecule has 2 aromatic heterocycles. The third-order valence-electron chi connectivity index (χ3n) is 3.39. The summed E-state index contributed by atoms with van der Waals surface area (Å²) in [7, 11) is 0. The Morgan fingerprint density at radius 2 is 1.88 bits per heavy atom. The summed E-state index contributed by atoms with van der Waals surface area (Å²) in [5, 5.41) is 29.3. The second-order valence-corrected chi connectivity index (χ2v) is 5.30. The summed E-state index contributed by atoms with van der Waals surface area (Å²) in [4.78, 5) is 8.54. The van der Waals surface area contributed by atoms with E-state index >= 15 is 0 Å². The van der Waals surface area contributed by atoms with Crippen LogP contribution in [0.5, 0.6) is 0 Å². The monoisotopic (exact) mass is 326 g/mol. The molecule has 0 radical (unpaired) electrons. The van der Waals surface area contributed by atoms with Crippen LogP contribution in [-0.4, -0.2) is 47.9 Å². The van der Waals surface area contributed by atoms with Gasteiger partial charge in [-0.3, -0.25) is 0 Å². The summed E-state index contributed by atoms with van der Waals surface area (Å²) in [5.41, 5.74) is 2.48. The highest BCUT2D eigenvalue weighted by atomic mass is 16.3. The maximum absolute atomic E-state index is 9.41. The minimum atomic E-state index is -0.861. The van der Waals surface area contributed by atoms with E-state index in [1.165, 1.54) is 4.68 Å². The predicted molar refractivity (Wildman–Crippen MR) is 87.9 cm³/mol. The average molecular weight is 326 g/mol. The molecule has 8 heteroatoms. The van der Waals surface area contributed by atoms with Gasteiger partial charge in [0.1, 0.15) is 5.69 Å². The molecule has 0 aliphatic rings. The van der Waals surface area contributed by atoms with Crippen LogP contribution < -0.4 is 5.32 Å². The smallest absolute Gasteiger partial charge is 0.222 e. The van der Waals surface area contributed by atoms with Crippen molar-refractivity contribution in [3.05, 3.63) is 54.5 Å². The summed E-state index contributed by atoms with van der Waals surface area (Å²) in [6.45, 7) is 0.510. The fourth-order valence-corrected chi connectivity index (χ4v) is 2.12. The first-order valence-electron chi connectivity index (χ1n) is 7.54. The normalized spacial score (nSPS) is 12.1. The SMILES string of the molecule is OC[C@@H](O)Cn1cc(-c2cnc(NCc3ccccc3)nc2)nn1. The quantitative estimate of drug-likeness (QED) is 0.586. The maximum atomic E-state index is 9.41. The van der Waals surface area contributed by atoms with Crippen molar-refractivity contribution in [1.82, 2.24) is 25.0 Å². The number of rotatable bonds is 7. The zero-order valence-electron chi connectivity index (χ0n) is 12.9. The highest BCUT2D eigenvalue weighted by Gasteiger charge is 2.08. The van der Waals surface area contributed by atoms with Gasteiger partial charge in [-0.15, -0.1) is 5.10 Å². The first-order valence-corrected chi connectivity index (χ1v) is 7.54. The molecule has 0 aliphatic carbocycles. The molecule has 1 atom stereocenters. The summed E-state index contributed by atoms with van der Waals surface area (Å²) in [5.74, 6) is 0.533. The zero-order chi connectivity index (χ0) is 16.8. The number of aromatic nitrogens is 5. The highest BCUT2D eigenvalue weighted by Crippen LogP contribution is 2.15. The summed E-state index contributed by atoms with van der Waals surface area (Å²) in [6, 6.07) is 10.00. The Morgan fingerprint density at radius 1 is 1.12 bits per heavy atom. The van der Waals surface area contributed by atoms with E-state index < -0.39 is 6.10 Å². The van der Waals surface area contributed by atoms with Crippen molar-refractivity contribution >= 4 is 5.95 Å². The molecule has 8 nitrogen and oxygen atoms in total. The largest absolute Gasteiger partial charge is 0.394 e. The van der Waals surface area contributed by atoms with Crippen molar-refractivity contribution in [1.29, 1.82) is 0 Å². The highest BCUT2D eigenvalue weighted by molar-refractivity contribution is 5.55. The lowest BCUT2D eigenvalue weighted by Crippen LogP contribution is -2.20. The molecule has 0 spiro atoms. The maximum Gasteiger partial charge on any atom is 0.222 e. The van der Waals surface area contributed by atoms with Gasteiger partial charge in [0, 0.05) is 24.5 Å². The second kappa shape index (κ2) is 7.62. The Morgan fingerprint density at radius 3 is 2.58 bits per heavy atom. The van der Waals surface area contributed by atoms with Crippen LogP contribution in [0.3, 0.4) is 0 Å². The molecule has 3 N–H and O–H groups in total. The van der Waals surface area contributed by atoms with Crippen LogP contribution in [0, 0.1) is 0 Å². The molecular weight excluding hydrogens is 308 g/mol. The number of nitrogens with one attached hydrogen (secondary N) is 1. The van der Waals surface area contributed by atoms with Crippen molar-refractivity contribution in [3.63, 3.8) is 0 Å². The van der Waals surface area contributed by atoms with Crippen LogP contribution in [-0.2, 0) is 13.1 Å². The molecule has 0 aliphatic heterocycles. The van der Waals surface area contributed by atoms with Crippen molar-refractivity contribution < 1.29 is 10.2 Å². The molecule has 2 heterocycles. The van der Waals surface area contributed by atoms with E-state index in [2.05, 4.69) is 25.6 Å². The van der Waals surface area contributed by atoms with Crippen molar-refractivity contribution in [3.8, 4) is 11.3 Å². The lowest BCUT2D eigenvalue weighted by atomic mass is 10.2. The second-order valence-electron chi connectivity index (χ2n) is 5.30. The van der Waals surface area contributed by atoms with Crippen LogP contribution in [0.2, 0.25) is 0 Å². The van der Waals surface area contributed by atoms with E-state index in [4.69, 9.17) is 5.11 Å². The summed E-state index contributed by atoms with van der Waals surface area (Å²) >= 11 is 0. The molecule has 0 bridgehead atoms. The molecule has 0 saturated heterocycles. The molecule has 3 aromatic rings. The zero-order valence-corrected chi connectivity index (χ0v) is 12.9. The number of hydrogen-bond acceptors (Lipinski definition) is 7. The standard InChI is InChI=1S/C16H18N6O2/c23-11-14(24)9-22-10-15(20-21-22)13-7-18-16(19-8-13)17-6-12-4-2-1-3-5-12/h1-5,7-8,10,14,23-24H,6,9,11H2,(H,17,18,19)/t14-/m0/s1. The fraction of sp³-hybridized carbons (Fsp3) is 0.250. The van der Waals surface area contributed by atoms with Gasteiger partial charge >= 0.3 is 0 Å². The molecule has 3 rings (SSSR count). The first-order chi connectivity index (χ1) is 11.7. The van der Waals surface area contributed by atoms with E-state index in [1.54, 1.807) is 18.6 Å². The third-order valence-corrected chi connectivity index (χ3v) is 3.39. The number of benzene rings is 1. The van der Waals surface area contributed by atoms with E-state index in [1.807, 2.05) is 30.3 Å². The van der Waals surface area contributed by atoms with Crippen LogP contribution >= 0.6 is 0 Å². The minimum absolute atomic E-state index is 0.182. The van der Waals surface area contributed by atoms with Gasteiger partial charge in [-0.2, -0.15) is 0 Å². The van der Waals surface area contributed by atoms with Gasteiger partial charge in [0.15, 0.2) is 0 Å². The third kappa shape index (κ3) is 4.12. The number of aliphatic hydroxyl groups is 2. The number of aliphatic hydroxyl groups excluding tert-OH is 2. The predicted octanol–water partition coefficient (Wildman–Crippen LogP) is 0.700. The molecule has 1 aromatic carbocycles.